The Morgan fingerprint density at radius 3 is 1.95 bits per heavy atom. The number of nitrogens with one attached hydrogen (secondary N) is 1. The summed E-state index contributed by atoms with van der Waals surface area (Å²) in [6.45, 7) is 3.62. The highest BCUT2D eigenvalue weighted by atomic mass is 19.4. The minimum absolute atomic E-state index is 0.262. The van der Waals surface area contributed by atoms with Crippen LogP contribution in [-0.4, -0.2) is 59.1 Å². The van der Waals surface area contributed by atoms with Crippen LogP contribution in [-0.2, 0) is 23.9 Å². The number of fused-ring (bicyclic) bond motifs is 1. The molecule has 2 aliphatic heterocycles. The molecule has 0 aromatic heterocycles. The average Bonchev–Trinajstić information content (AvgIpc) is 3.31. The number of nitrogens with zero attached hydrogens (tertiary/aromatic N) is 1. The van der Waals surface area contributed by atoms with Gasteiger partial charge >= 0.3 is 18.1 Å². The maximum atomic E-state index is 13.2. The van der Waals surface area contributed by atoms with Crippen LogP contribution in [0.25, 0.3) is 11.1 Å². The van der Waals surface area contributed by atoms with Crippen LogP contribution in [0.15, 0.2) is 48.5 Å². The number of likely N-dealkylation sites (tertiary alicyclic amines) is 1. The second-order valence-corrected chi connectivity index (χ2v) is 8.67. The molecule has 0 unspecified atom stereocenters. The fourth-order valence-electron chi connectivity index (χ4n) is 4.72. The third-order valence-corrected chi connectivity index (χ3v) is 6.49. The first-order valence-electron chi connectivity index (χ1n) is 11.1. The molecule has 37 heavy (non-hydrogen) atoms. The Morgan fingerprint density at radius 1 is 1.03 bits per heavy atom. The molecule has 2 amide bonds. The summed E-state index contributed by atoms with van der Waals surface area (Å²) in [5, 5.41) is 10.3. The molecule has 2 aromatic carbocycles. The highest BCUT2D eigenvalue weighted by molar-refractivity contribution is 6.09. The van der Waals surface area contributed by atoms with Gasteiger partial charge in [0.05, 0.1) is 18.9 Å². The Balaban J connectivity index is 0.000000479. The monoisotopic (exact) mass is 524 g/mol. The number of carboxylic acids is 1. The van der Waals surface area contributed by atoms with Gasteiger partial charge in [-0.25, -0.2) is 9.18 Å². The number of alkyl halides is 3. The molecule has 0 aliphatic carbocycles. The second-order valence-electron chi connectivity index (χ2n) is 8.67. The van der Waals surface area contributed by atoms with Crippen molar-refractivity contribution < 1.29 is 46.6 Å². The maximum Gasteiger partial charge on any atom is 0.490 e. The van der Waals surface area contributed by atoms with Crippen molar-refractivity contribution in [2.24, 2.45) is 11.8 Å². The van der Waals surface area contributed by atoms with Crippen LogP contribution in [0.2, 0.25) is 0 Å². The Bertz CT molecular complexity index is 1200. The number of benzene rings is 2. The van der Waals surface area contributed by atoms with Gasteiger partial charge in [-0.3, -0.25) is 24.6 Å². The van der Waals surface area contributed by atoms with Crippen LogP contribution in [0.4, 0.5) is 17.6 Å². The smallest absolute Gasteiger partial charge is 0.475 e. The predicted molar refractivity (Wildman–Crippen MR) is 121 cm³/mol. The third-order valence-electron chi connectivity index (χ3n) is 6.49. The summed E-state index contributed by atoms with van der Waals surface area (Å²) in [6.07, 6.45) is -5.08. The molecule has 0 radical (unpaired) electrons. The summed E-state index contributed by atoms with van der Waals surface area (Å²) in [7, 11) is 1.27. The van der Waals surface area contributed by atoms with Gasteiger partial charge in [-0.15, -0.1) is 0 Å². The van der Waals surface area contributed by atoms with Gasteiger partial charge in [0.25, 0.3) is 0 Å². The van der Waals surface area contributed by atoms with Crippen molar-refractivity contribution in [1.29, 1.82) is 0 Å². The van der Waals surface area contributed by atoms with E-state index in [2.05, 4.69) is 5.32 Å². The van der Waals surface area contributed by atoms with Gasteiger partial charge < -0.3 is 9.84 Å². The predicted octanol–water partition coefficient (Wildman–Crippen LogP) is 3.32. The van der Waals surface area contributed by atoms with Crippen molar-refractivity contribution in [3.63, 3.8) is 0 Å². The maximum absolute atomic E-state index is 13.2. The van der Waals surface area contributed by atoms with Crippen LogP contribution in [0.1, 0.15) is 25.5 Å². The molecule has 4 rings (SSSR count). The number of carbonyl (C=O) groups excluding carboxylic acids is 3. The number of carbonyl (C=O) groups is 4. The zero-order chi connectivity index (χ0) is 27.7. The van der Waals surface area contributed by atoms with Gasteiger partial charge in [0.2, 0.25) is 11.8 Å². The van der Waals surface area contributed by atoms with Gasteiger partial charge in [-0.05, 0) is 42.7 Å². The number of methoxy groups -OCH3 is 1. The number of aliphatic carboxylic acids is 1. The molecule has 2 aromatic rings. The van der Waals surface area contributed by atoms with Crippen molar-refractivity contribution in [2.75, 3.05) is 13.7 Å². The molecule has 12 heteroatoms. The highest BCUT2D eigenvalue weighted by Gasteiger charge is 2.66. The molecule has 4 atom stereocenters. The molecule has 2 aliphatic rings. The van der Waals surface area contributed by atoms with E-state index >= 15 is 0 Å². The zero-order valence-corrected chi connectivity index (χ0v) is 20.0. The largest absolute Gasteiger partial charge is 0.490 e. The first-order chi connectivity index (χ1) is 17.3. The fourth-order valence-corrected chi connectivity index (χ4v) is 4.72. The number of rotatable bonds is 4. The lowest BCUT2D eigenvalue weighted by Crippen LogP contribution is -2.53. The molecule has 0 bridgehead atoms. The average molecular weight is 524 g/mol. The highest BCUT2D eigenvalue weighted by Crippen LogP contribution is 2.49. The Morgan fingerprint density at radius 2 is 1.51 bits per heavy atom. The van der Waals surface area contributed by atoms with Gasteiger partial charge in [-0.2, -0.15) is 13.2 Å². The summed E-state index contributed by atoms with van der Waals surface area (Å²) >= 11 is 0. The summed E-state index contributed by atoms with van der Waals surface area (Å²) in [5.74, 6) is -5.76. The van der Waals surface area contributed by atoms with E-state index in [0.29, 0.717) is 0 Å². The molecule has 0 spiro atoms. The van der Waals surface area contributed by atoms with Crippen LogP contribution in [0.3, 0.4) is 0 Å². The van der Waals surface area contributed by atoms with Crippen molar-refractivity contribution in [3.8, 4) is 11.1 Å². The summed E-state index contributed by atoms with van der Waals surface area (Å²) in [5.41, 5.74) is 1.26. The standard InChI is InChI=1S/C23H23FN2O4.C2HF3O2/c1-4-26-20(27)17-18(21(26)28)23(2,22(29)30-3)25-19(17)15-7-5-13(6-8-15)14-9-11-16(24)12-10-14;3-2(4,5)1(6)7/h5-12,17-19,25H,4H2,1-3H3;(H,6,7)/t17-,18-,19-,23-;/m1./s1. The Labute approximate surface area is 209 Å². The lowest BCUT2D eigenvalue weighted by atomic mass is 9.80. The van der Waals surface area contributed by atoms with Crippen LogP contribution in [0, 0.1) is 17.7 Å². The number of hydrogen-bond donors (Lipinski definition) is 2. The fraction of sp³-hybridized carbons (Fsp3) is 0.360. The first-order valence-corrected chi connectivity index (χ1v) is 11.1. The number of carboxylic acid groups (broad SMARTS) is 1. The topological polar surface area (TPSA) is 113 Å². The first kappa shape index (κ1) is 27.8. The van der Waals surface area contributed by atoms with Gasteiger partial charge in [-0.1, -0.05) is 36.4 Å². The van der Waals surface area contributed by atoms with E-state index in [1.807, 2.05) is 24.3 Å². The van der Waals surface area contributed by atoms with Crippen LogP contribution >= 0.6 is 0 Å². The molecule has 2 fully saturated rings. The lowest BCUT2D eigenvalue weighted by Gasteiger charge is -2.28. The van der Waals surface area contributed by atoms with E-state index in [1.54, 1.807) is 26.0 Å². The van der Waals surface area contributed by atoms with E-state index in [4.69, 9.17) is 14.6 Å². The molecule has 2 N–H and O–H groups in total. The van der Waals surface area contributed by atoms with Crippen molar-refractivity contribution in [2.45, 2.75) is 31.6 Å². The molecule has 8 nitrogen and oxygen atoms in total. The molecule has 0 saturated carbocycles. The minimum Gasteiger partial charge on any atom is -0.475 e. The summed E-state index contributed by atoms with van der Waals surface area (Å²) < 4.78 is 49.9. The van der Waals surface area contributed by atoms with E-state index in [0.717, 1.165) is 16.7 Å². The molecule has 2 saturated heterocycles. The molecular weight excluding hydrogens is 500 g/mol. The molecule has 198 valence electrons. The second kappa shape index (κ2) is 10.3. The lowest BCUT2D eigenvalue weighted by molar-refractivity contribution is -0.192. The Kier molecular flexibility index (Phi) is 7.72. The van der Waals surface area contributed by atoms with Crippen LogP contribution in [0.5, 0.6) is 0 Å². The van der Waals surface area contributed by atoms with Crippen molar-refractivity contribution in [3.05, 3.63) is 59.9 Å². The summed E-state index contributed by atoms with van der Waals surface area (Å²) in [4.78, 5) is 48.6. The number of ether oxygens (including phenoxy) is 1. The van der Waals surface area contributed by atoms with E-state index < -0.39 is 41.5 Å². The number of halogens is 4. The normalized spacial score (nSPS) is 24.8. The SMILES string of the molecule is CCN1C(=O)[C@H]2[C@@H](c3ccc(-c4ccc(F)cc4)cc3)N[C@@](C)(C(=O)OC)[C@H]2C1=O.O=C(O)C(F)(F)F. The van der Waals surface area contributed by atoms with Gasteiger partial charge in [0.1, 0.15) is 11.4 Å². The van der Waals surface area contributed by atoms with E-state index in [-0.39, 0.29) is 24.2 Å². The summed E-state index contributed by atoms with van der Waals surface area (Å²) in [6, 6.07) is 13.2. The molecular formula is C25H24F4N2O6. The van der Waals surface area contributed by atoms with E-state index in [9.17, 15) is 31.9 Å². The Hall–Kier alpha value is -3.80. The number of imide groups is 1. The van der Waals surface area contributed by atoms with Gasteiger partial charge in [0.15, 0.2) is 0 Å². The zero-order valence-electron chi connectivity index (χ0n) is 20.0. The molecule has 2 heterocycles. The number of amides is 2. The van der Waals surface area contributed by atoms with Gasteiger partial charge in [0, 0.05) is 12.6 Å². The third kappa shape index (κ3) is 5.19. The van der Waals surface area contributed by atoms with Crippen molar-refractivity contribution >= 4 is 23.8 Å². The minimum atomic E-state index is -5.08. The van der Waals surface area contributed by atoms with E-state index in [1.165, 1.54) is 24.1 Å². The number of esters is 1. The van der Waals surface area contributed by atoms with Crippen molar-refractivity contribution in [1.82, 2.24) is 10.2 Å². The van der Waals surface area contributed by atoms with Crippen LogP contribution < -0.4 is 5.32 Å². The number of hydrogen-bond acceptors (Lipinski definition) is 6. The quantitative estimate of drug-likeness (QED) is 0.359.